The first-order valence-corrected chi connectivity index (χ1v) is 13.1. The van der Waals surface area contributed by atoms with E-state index in [9.17, 15) is 24.6 Å². The average molecular weight is 549 g/mol. The average Bonchev–Trinajstić information content (AvgIpc) is 3.52. The monoisotopic (exact) mass is 548 g/mol. The molecule has 2 aromatic rings. The fraction of sp³-hybridized carbons (Fsp3) is 0.370. The van der Waals surface area contributed by atoms with E-state index in [1.54, 1.807) is 12.1 Å². The van der Waals surface area contributed by atoms with E-state index in [1.807, 2.05) is 43.3 Å². The van der Waals surface area contributed by atoms with Crippen molar-refractivity contribution in [2.75, 3.05) is 13.1 Å². The van der Waals surface area contributed by atoms with E-state index >= 15 is 0 Å². The molecule has 4 atom stereocenters. The molecular formula is C27H32N8O5+2. The van der Waals surface area contributed by atoms with Crippen LogP contribution in [-0.2, 0) is 9.59 Å². The lowest BCUT2D eigenvalue weighted by atomic mass is 9.85. The highest BCUT2D eigenvalue weighted by Crippen LogP contribution is 2.38. The molecule has 2 fully saturated rings. The van der Waals surface area contributed by atoms with E-state index in [0.29, 0.717) is 11.1 Å². The number of imide groups is 1. The van der Waals surface area contributed by atoms with Gasteiger partial charge in [0.25, 0.3) is 17.4 Å². The van der Waals surface area contributed by atoms with E-state index in [1.165, 1.54) is 4.58 Å². The lowest BCUT2D eigenvalue weighted by molar-refractivity contribution is -0.674. The van der Waals surface area contributed by atoms with Crippen LogP contribution in [-0.4, -0.2) is 92.0 Å². The Balaban J connectivity index is 1.33. The van der Waals surface area contributed by atoms with Gasteiger partial charge in [-0.15, -0.1) is 0 Å². The van der Waals surface area contributed by atoms with Crippen molar-refractivity contribution < 1.29 is 34.2 Å². The van der Waals surface area contributed by atoms with Crippen LogP contribution in [0.15, 0.2) is 48.5 Å². The Morgan fingerprint density at radius 3 is 2.45 bits per heavy atom. The smallest absolute Gasteiger partial charge is 0.347 e. The van der Waals surface area contributed by atoms with Crippen molar-refractivity contribution in [3.05, 3.63) is 59.7 Å². The third-order valence-corrected chi connectivity index (χ3v) is 8.40. The summed E-state index contributed by atoms with van der Waals surface area (Å²) in [4.78, 5) is 42.5. The summed E-state index contributed by atoms with van der Waals surface area (Å²) in [6.07, 6.45) is 0.239. The van der Waals surface area contributed by atoms with Crippen molar-refractivity contribution in [2.24, 2.45) is 11.5 Å². The minimum Gasteiger partial charge on any atom is -0.358 e. The molecule has 0 aromatic heterocycles. The Labute approximate surface area is 229 Å². The molecule has 208 valence electrons. The fourth-order valence-electron chi connectivity index (χ4n) is 6.44. The van der Waals surface area contributed by atoms with Crippen molar-refractivity contribution in [1.82, 2.24) is 20.9 Å². The molecule has 4 aliphatic heterocycles. The second kappa shape index (κ2) is 9.03. The Morgan fingerprint density at radius 2 is 1.75 bits per heavy atom. The first-order valence-electron chi connectivity index (χ1n) is 13.1. The largest absolute Gasteiger partial charge is 0.358 e. The van der Waals surface area contributed by atoms with Gasteiger partial charge in [0.2, 0.25) is 11.8 Å². The zero-order valence-electron chi connectivity index (χ0n) is 21.8. The second-order valence-electron chi connectivity index (χ2n) is 10.7. The molecular weight excluding hydrogens is 516 g/mol. The quantitative estimate of drug-likeness (QED) is 0.104. The van der Waals surface area contributed by atoms with Gasteiger partial charge in [-0.25, -0.2) is 9.89 Å². The van der Waals surface area contributed by atoms with Gasteiger partial charge in [0.1, 0.15) is 12.1 Å². The van der Waals surface area contributed by atoms with Crippen LogP contribution in [0, 0.1) is 6.92 Å². The summed E-state index contributed by atoms with van der Waals surface area (Å²) in [5.74, 6) is -3.58. The Hall–Kier alpha value is -4.49. The molecule has 4 heterocycles. The number of rotatable bonds is 5. The molecule has 40 heavy (non-hydrogen) atoms. The molecule has 2 aromatic carbocycles. The predicted octanol–water partition coefficient (Wildman–Crippen LogP) is -4.03. The van der Waals surface area contributed by atoms with Crippen molar-refractivity contribution in [3.8, 4) is 11.1 Å². The molecule has 0 radical (unpaired) electrons. The fourth-order valence-corrected chi connectivity index (χ4v) is 6.44. The first kappa shape index (κ1) is 25.8. The normalized spacial score (nSPS) is 28.5. The molecule has 1 unspecified atom stereocenters. The van der Waals surface area contributed by atoms with Gasteiger partial charge in [-0.1, -0.05) is 42.5 Å². The van der Waals surface area contributed by atoms with E-state index in [0.717, 1.165) is 16.0 Å². The lowest BCUT2D eigenvalue weighted by Crippen LogP contribution is -2.92. The Kier molecular flexibility index (Phi) is 5.82. The van der Waals surface area contributed by atoms with Gasteiger partial charge >= 0.3 is 11.9 Å². The van der Waals surface area contributed by atoms with Crippen LogP contribution < -0.4 is 32.4 Å². The molecule has 0 saturated carbocycles. The zero-order chi connectivity index (χ0) is 28.4. The molecule has 4 aliphatic rings. The van der Waals surface area contributed by atoms with Gasteiger partial charge in [-0.3, -0.25) is 41.1 Å². The Bertz CT molecular complexity index is 1490. The minimum atomic E-state index is -2.59. The third-order valence-electron chi connectivity index (χ3n) is 8.40. The van der Waals surface area contributed by atoms with Crippen LogP contribution in [0.5, 0.6) is 0 Å². The highest BCUT2D eigenvalue weighted by Gasteiger charge is 2.78. The van der Waals surface area contributed by atoms with Crippen molar-refractivity contribution in [3.63, 3.8) is 0 Å². The number of aliphatic hydroxyl groups is 2. The summed E-state index contributed by atoms with van der Waals surface area (Å²) in [6, 6.07) is 12.0. The van der Waals surface area contributed by atoms with Crippen LogP contribution in [0.1, 0.15) is 28.8 Å². The third kappa shape index (κ3) is 3.65. The van der Waals surface area contributed by atoms with Crippen LogP contribution in [0.3, 0.4) is 0 Å². The predicted molar refractivity (Wildman–Crippen MR) is 142 cm³/mol. The maximum atomic E-state index is 13.6. The summed E-state index contributed by atoms with van der Waals surface area (Å²) in [5, 5.41) is 32.3. The van der Waals surface area contributed by atoms with Crippen molar-refractivity contribution >= 4 is 29.6 Å². The first-order chi connectivity index (χ1) is 19.0. The summed E-state index contributed by atoms with van der Waals surface area (Å²) in [7, 11) is 0. The zero-order valence-corrected chi connectivity index (χ0v) is 21.8. The number of amides is 3. The number of hydrogen-bond acceptors (Lipinski definition) is 9. The van der Waals surface area contributed by atoms with Gasteiger partial charge < -0.3 is 15.5 Å². The molecule has 6 rings (SSSR count). The summed E-state index contributed by atoms with van der Waals surface area (Å²) < 4.78 is 1.51. The van der Waals surface area contributed by atoms with E-state index < -0.39 is 35.5 Å². The molecule has 13 nitrogen and oxygen atoms in total. The highest BCUT2D eigenvalue weighted by molar-refractivity contribution is 6.02. The number of nitrogens with two attached hydrogens (primary N) is 2. The van der Waals surface area contributed by atoms with Gasteiger partial charge in [-0.2, -0.15) is 0 Å². The van der Waals surface area contributed by atoms with Crippen molar-refractivity contribution in [1.29, 1.82) is 0 Å². The second-order valence-corrected chi connectivity index (χ2v) is 10.7. The molecule has 0 aliphatic carbocycles. The van der Waals surface area contributed by atoms with Crippen LogP contribution in [0.4, 0.5) is 0 Å². The van der Waals surface area contributed by atoms with Crippen LogP contribution in [0.25, 0.3) is 11.1 Å². The summed E-state index contributed by atoms with van der Waals surface area (Å²) >= 11 is 0. The topological polar surface area (TPSA) is 200 Å². The maximum absolute atomic E-state index is 13.6. The molecule has 13 heteroatoms. The van der Waals surface area contributed by atoms with Gasteiger partial charge in [-0.05, 0) is 29.7 Å². The van der Waals surface area contributed by atoms with E-state index in [2.05, 4.69) is 20.9 Å². The minimum absolute atomic E-state index is 0.0555. The molecule has 10 N–H and O–H groups in total. The number of carbonyl (C=O) groups is 3. The van der Waals surface area contributed by atoms with Gasteiger partial charge in [0.05, 0.1) is 13.1 Å². The summed E-state index contributed by atoms with van der Waals surface area (Å²) in [5.41, 5.74) is 13.7. The SMILES string of the molecule is Cc1ccccc1-c1ccccc1C(=O)NC1C[N+]2=C(N)N[C@@H](CN3C(=O)CCC3=O)[C@@H]3[NH+]=C(N)N[C@@]32C1(O)O. The molecule has 0 bridgehead atoms. The highest BCUT2D eigenvalue weighted by atomic mass is 16.5. The number of likely N-dealkylation sites (tertiary alicyclic amines) is 1. The van der Waals surface area contributed by atoms with Crippen LogP contribution in [0.2, 0.25) is 0 Å². The van der Waals surface area contributed by atoms with Crippen LogP contribution >= 0.6 is 0 Å². The van der Waals surface area contributed by atoms with E-state index in [4.69, 9.17) is 11.5 Å². The number of hydrogen-bond donors (Lipinski definition) is 8. The Morgan fingerprint density at radius 1 is 1.10 bits per heavy atom. The standard InChI is InChI=1S/C27H30N8O5/c1-14-6-2-3-7-15(14)16-8-4-5-9-17(16)23(38)31-19-13-35-25(29)30-18(12-34-20(36)10-11-21(34)37)22-26(35,27(19,39)40)33-24(28)32-22/h2-9,18-19,22,39-40H,10-13H2,1H3,(H6,28,29,30,31,32,33,38)/p+2/t18-,19?,22-,26-/m0/s1. The van der Waals surface area contributed by atoms with E-state index in [-0.39, 0.29) is 49.7 Å². The molecule has 3 amide bonds. The summed E-state index contributed by atoms with van der Waals surface area (Å²) in [6.45, 7) is 1.82. The number of benzene rings is 2. The molecule has 1 spiro atoms. The number of aryl methyl sites for hydroxylation is 1. The van der Waals surface area contributed by atoms with Crippen molar-refractivity contribution in [2.45, 2.75) is 49.3 Å². The number of nitrogens with zero attached hydrogens (tertiary/aromatic N) is 2. The maximum Gasteiger partial charge on any atom is 0.347 e. The number of carbonyl (C=O) groups excluding carboxylic acids is 3. The van der Waals surface area contributed by atoms with Gasteiger partial charge in [0, 0.05) is 18.4 Å². The number of guanidine groups is 2. The lowest BCUT2D eigenvalue weighted by Gasteiger charge is -2.41. The number of nitrogens with one attached hydrogen (secondary N) is 4. The molecule has 2 saturated heterocycles. The van der Waals surface area contributed by atoms with Gasteiger partial charge in [0.15, 0.2) is 6.04 Å².